The highest BCUT2D eigenvalue weighted by Crippen LogP contribution is 2.40. The topological polar surface area (TPSA) is 72.8 Å². The average molecular weight is 351 g/mol. The van der Waals surface area contributed by atoms with E-state index in [1.54, 1.807) is 6.08 Å². The lowest BCUT2D eigenvalue weighted by molar-refractivity contribution is -0.137. The Balaban J connectivity index is 0.000000219. The molecule has 1 aromatic rings. The van der Waals surface area contributed by atoms with E-state index < -0.39 is 11.2 Å². The van der Waals surface area contributed by atoms with Crippen molar-refractivity contribution in [1.82, 2.24) is 0 Å². The minimum Gasteiger partial charge on any atom is -0.500 e. The van der Waals surface area contributed by atoms with Crippen LogP contribution in [0.5, 0.6) is 0 Å². The predicted octanol–water partition coefficient (Wildman–Crippen LogP) is 2.58. The van der Waals surface area contributed by atoms with Crippen LogP contribution in [0.1, 0.15) is 12.0 Å². The Morgan fingerprint density at radius 2 is 1.96 bits per heavy atom. The predicted molar refractivity (Wildman–Crippen MR) is 89.0 cm³/mol. The van der Waals surface area contributed by atoms with Crippen molar-refractivity contribution in [3.8, 4) is 0 Å². The van der Waals surface area contributed by atoms with Crippen LogP contribution in [-0.2, 0) is 25.7 Å². The average Bonchev–Trinajstić information content (AvgIpc) is 3.06. The summed E-state index contributed by atoms with van der Waals surface area (Å²) < 4.78 is 9.85. The van der Waals surface area contributed by atoms with Crippen molar-refractivity contribution in [1.29, 1.82) is 0 Å². The van der Waals surface area contributed by atoms with Gasteiger partial charge in [0.25, 0.3) is 0 Å². The van der Waals surface area contributed by atoms with E-state index in [4.69, 9.17) is 21.4 Å². The van der Waals surface area contributed by atoms with Gasteiger partial charge in [-0.25, -0.2) is 4.79 Å². The third-order valence-corrected chi connectivity index (χ3v) is 4.25. The summed E-state index contributed by atoms with van der Waals surface area (Å²) >= 11 is 5.47. The van der Waals surface area contributed by atoms with Crippen LogP contribution in [0.25, 0.3) is 0 Å². The highest BCUT2D eigenvalue weighted by Gasteiger charge is 2.40. The lowest BCUT2D eigenvalue weighted by Gasteiger charge is -2.26. The van der Waals surface area contributed by atoms with Gasteiger partial charge in [-0.1, -0.05) is 36.4 Å². The highest BCUT2D eigenvalue weighted by molar-refractivity contribution is 6.67. The van der Waals surface area contributed by atoms with Gasteiger partial charge in [-0.2, -0.15) is 0 Å². The molecule has 1 aromatic carbocycles. The molecule has 3 rings (SSSR count). The molecule has 128 valence electrons. The summed E-state index contributed by atoms with van der Waals surface area (Å²) in [5.41, 5.74) is 1.98. The molecule has 24 heavy (non-hydrogen) atoms. The summed E-state index contributed by atoms with van der Waals surface area (Å²) in [6, 6.07) is 9.52. The smallest absolute Gasteiger partial charge is 0.337 e. The number of esters is 1. The first kappa shape index (κ1) is 18.2. The molecule has 2 unspecified atom stereocenters. The number of carbonyl (C=O) groups is 2. The van der Waals surface area contributed by atoms with E-state index >= 15 is 0 Å². The highest BCUT2D eigenvalue weighted by atomic mass is 35.5. The Morgan fingerprint density at radius 1 is 1.25 bits per heavy atom. The third-order valence-electron chi connectivity index (χ3n) is 4.04. The standard InChI is InChI=1S/C11H11ClO4.C7H8O/c1-15-11(14)9-5-16-4-8-6(9)2-3-7(8)10(12)13;8-6-7-4-2-1-3-5-7/h3,5-6,8H,2,4H2,1H3;1-5,8H,6H2. The summed E-state index contributed by atoms with van der Waals surface area (Å²) in [7, 11) is 1.32. The molecular weight excluding hydrogens is 332 g/mol. The van der Waals surface area contributed by atoms with Gasteiger partial charge in [-0.15, -0.1) is 0 Å². The fourth-order valence-electron chi connectivity index (χ4n) is 2.79. The van der Waals surface area contributed by atoms with Crippen LogP contribution in [0, 0.1) is 11.8 Å². The molecule has 2 atom stereocenters. The molecule has 1 N–H and O–H groups in total. The number of hydrogen-bond acceptors (Lipinski definition) is 5. The van der Waals surface area contributed by atoms with E-state index in [1.807, 2.05) is 30.3 Å². The van der Waals surface area contributed by atoms with E-state index in [0.717, 1.165) is 5.56 Å². The minimum absolute atomic E-state index is 0.0427. The van der Waals surface area contributed by atoms with Gasteiger partial charge in [-0.3, -0.25) is 4.79 Å². The molecule has 0 radical (unpaired) electrons. The van der Waals surface area contributed by atoms with E-state index in [9.17, 15) is 9.59 Å². The van der Waals surface area contributed by atoms with Crippen molar-refractivity contribution >= 4 is 22.8 Å². The number of ether oxygens (including phenoxy) is 2. The van der Waals surface area contributed by atoms with Crippen molar-refractivity contribution in [3.63, 3.8) is 0 Å². The Labute approximate surface area is 145 Å². The van der Waals surface area contributed by atoms with Crippen LogP contribution in [0.15, 0.2) is 53.8 Å². The van der Waals surface area contributed by atoms with Gasteiger partial charge in [0.2, 0.25) is 5.24 Å². The quantitative estimate of drug-likeness (QED) is 0.670. The molecule has 0 bridgehead atoms. The maximum Gasteiger partial charge on any atom is 0.337 e. The lowest BCUT2D eigenvalue weighted by atomic mass is 9.85. The lowest BCUT2D eigenvalue weighted by Crippen LogP contribution is -2.28. The van der Waals surface area contributed by atoms with Crippen LogP contribution in [0.4, 0.5) is 0 Å². The number of aliphatic hydroxyl groups is 1. The van der Waals surface area contributed by atoms with Gasteiger partial charge < -0.3 is 14.6 Å². The number of allylic oxidation sites excluding steroid dienone is 1. The molecule has 0 fully saturated rings. The molecule has 0 amide bonds. The minimum atomic E-state index is -0.470. The maximum absolute atomic E-state index is 11.5. The van der Waals surface area contributed by atoms with Crippen molar-refractivity contribution in [2.75, 3.05) is 13.7 Å². The van der Waals surface area contributed by atoms with Crippen LogP contribution >= 0.6 is 11.6 Å². The molecule has 6 heteroatoms. The molecule has 0 aromatic heterocycles. The molecule has 1 heterocycles. The molecule has 2 aliphatic rings. The Bertz CT molecular complexity index is 651. The number of methoxy groups -OCH3 is 1. The van der Waals surface area contributed by atoms with Crippen LogP contribution < -0.4 is 0 Å². The summed E-state index contributed by atoms with van der Waals surface area (Å²) in [4.78, 5) is 22.6. The van der Waals surface area contributed by atoms with Gasteiger partial charge in [0.1, 0.15) is 0 Å². The second-order valence-electron chi connectivity index (χ2n) is 5.42. The normalized spacial score (nSPS) is 21.3. The fraction of sp³-hybridized carbons (Fsp3) is 0.333. The number of fused-ring (bicyclic) bond motifs is 1. The second kappa shape index (κ2) is 8.66. The van der Waals surface area contributed by atoms with Crippen LogP contribution in [0.2, 0.25) is 0 Å². The molecule has 0 spiro atoms. The molecule has 0 saturated carbocycles. The Kier molecular flexibility index (Phi) is 6.58. The van der Waals surface area contributed by atoms with Gasteiger partial charge in [0.15, 0.2) is 0 Å². The fourth-order valence-corrected chi connectivity index (χ4v) is 3.01. The van der Waals surface area contributed by atoms with Gasteiger partial charge in [0, 0.05) is 17.4 Å². The first-order chi connectivity index (χ1) is 11.6. The van der Waals surface area contributed by atoms with E-state index in [0.29, 0.717) is 24.2 Å². The Morgan fingerprint density at radius 3 is 2.50 bits per heavy atom. The van der Waals surface area contributed by atoms with Gasteiger partial charge in [0.05, 0.1) is 32.2 Å². The van der Waals surface area contributed by atoms with Crippen molar-refractivity contribution < 1.29 is 24.2 Å². The summed E-state index contributed by atoms with van der Waals surface area (Å²) in [6.07, 6.45) is 3.82. The number of rotatable bonds is 3. The molecular formula is C18H19ClO5. The van der Waals surface area contributed by atoms with E-state index in [-0.39, 0.29) is 18.4 Å². The first-order valence-electron chi connectivity index (χ1n) is 7.53. The van der Waals surface area contributed by atoms with Crippen molar-refractivity contribution in [2.24, 2.45) is 11.8 Å². The van der Waals surface area contributed by atoms with E-state index in [2.05, 4.69) is 4.74 Å². The number of carbonyl (C=O) groups excluding carboxylic acids is 2. The largest absolute Gasteiger partial charge is 0.500 e. The summed E-state index contributed by atoms with van der Waals surface area (Å²) in [6.45, 7) is 0.524. The first-order valence-corrected chi connectivity index (χ1v) is 7.91. The summed E-state index contributed by atoms with van der Waals surface area (Å²) in [5, 5.41) is 8.07. The second-order valence-corrected chi connectivity index (χ2v) is 5.77. The van der Waals surface area contributed by atoms with Crippen LogP contribution in [-0.4, -0.2) is 30.0 Å². The zero-order valence-electron chi connectivity index (χ0n) is 13.3. The van der Waals surface area contributed by atoms with Gasteiger partial charge in [-0.05, 0) is 23.6 Å². The third kappa shape index (κ3) is 4.24. The SMILES string of the molecule is COC(=O)C1=COCC2C(C(=O)Cl)=CCC12.OCc1ccccc1. The number of aliphatic hydroxyl groups excluding tert-OH is 1. The van der Waals surface area contributed by atoms with Crippen LogP contribution in [0.3, 0.4) is 0 Å². The molecule has 1 aliphatic carbocycles. The molecule has 5 nitrogen and oxygen atoms in total. The molecule has 1 aliphatic heterocycles. The van der Waals surface area contributed by atoms with Crippen molar-refractivity contribution in [2.45, 2.75) is 13.0 Å². The van der Waals surface area contributed by atoms with E-state index in [1.165, 1.54) is 13.4 Å². The number of hydrogen-bond donors (Lipinski definition) is 1. The van der Waals surface area contributed by atoms with Crippen molar-refractivity contribution in [3.05, 3.63) is 59.4 Å². The molecule has 0 saturated heterocycles. The summed E-state index contributed by atoms with van der Waals surface area (Å²) in [5.74, 6) is -0.575. The Hall–Kier alpha value is -2.11. The maximum atomic E-state index is 11.5. The monoisotopic (exact) mass is 350 g/mol. The number of halogens is 1. The zero-order chi connectivity index (χ0) is 17.5. The zero-order valence-corrected chi connectivity index (χ0v) is 14.0. The number of benzene rings is 1. The van der Waals surface area contributed by atoms with Gasteiger partial charge >= 0.3 is 5.97 Å².